The molecule has 3 rings (SSSR count). The van der Waals surface area contributed by atoms with Gasteiger partial charge in [-0.3, -0.25) is 0 Å². The highest BCUT2D eigenvalue weighted by molar-refractivity contribution is 6.35. The number of aryl methyl sites for hydroxylation is 1. The quantitative estimate of drug-likeness (QED) is 0.676. The lowest BCUT2D eigenvalue weighted by Crippen LogP contribution is -2.00. The van der Waals surface area contributed by atoms with Crippen molar-refractivity contribution in [1.29, 1.82) is 0 Å². The Kier molecular flexibility index (Phi) is 1.81. The third-order valence-corrected chi connectivity index (χ3v) is 3.15. The molecule has 0 saturated heterocycles. The van der Waals surface area contributed by atoms with Crippen molar-refractivity contribution in [3.8, 4) is 0 Å². The van der Waals surface area contributed by atoms with Gasteiger partial charge in [0.2, 0.25) is 0 Å². The Balaban J connectivity index is 2.36. The number of hydrogen-bond donors (Lipinski definition) is 1. The predicted molar refractivity (Wildman–Crippen MR) is 58.6 cm³/mol. The Morgan fingerprint density at radius 2 is 2.29 bits per heavy atom. The van der Waals surface area contributed by atoms with Crippen LogP contribution in [0.5, 0.6) is 0 Å². The van der Waals surface area contributed by atoms with Gasteiger partial charge in [-0.15, -0.1) is 0 Å². The Hall–Kier alpha value is -0.950. The van der Waals surface area contributed by atoms with Crippen LogP contribution in [0.15, 0.2) is 18.2 Å². The number of benzene rings is 1. The van der Waals surface area contributed by atoms with Crippen molar-refractivity contribution in [3.05, 3.63) is 40.9 Å². The maximum Gasteiger partial charge on any atom is 0.0648 e. The van der Waals surface area contributed by atoms with Gasteiger partial charge in [0.1, 0.15) is 0 Å². The molecule has 0 spiro atoms. The summed E-state index contributed by atoms with van der Waals surface area (Å²) in [6, 6.07) is 6.07. The second-order valence-electron chi connectivity index (χ2n) is 3.67. The number of halogens is 1. The SMILES string of the molecule is Clc1cccc2c3c([nH]c12)CC[C]C3. The van der Waals surface area contributed by atoms with Crippen molar-refractivity contribution in [2.24, 2.45) is 0 Å². The van der Waals surface area contributed by atoms with Gasteiger partial charge in [0.05, 0.1) is 10.5 Å². The molecule has 1 nitrogen and oxygen atoms in total. The lowest BCUT2D eigenvalue weighted by Gasteiger charge is -2.09. The molecule has 1 aliphatic rings. The highest BCUT2D eigenvalue weighted by Crippen LogP contribution is 2.31. The smallest absolute Gasteiger partial charge is 0.0648 e. The predicted octanol–water partition coefficient (Wildman–Crippen LogP) is 3.39. The number of nitrogens with one attached hydrogen (secondary N) is 1. The molecule has 0 atom stereocenters. The zero-order valence-corrected chi connectivity index (χ0v) is 8.49. The third-order valence-electron chi connectivity index (χ3n) is 2.83. The molecule has 2 aromatic rings. The number of para-hydroxylation sites is 1. The lowest BCUT2D eigenvalue weighted by atomic mass is 9.96. The normalized spacial score (nSPS) is 15.8. The molecule has 2 radical (unpaired) electrons. The van der Waals surface area contributed by atoms with Crippen LogP contribution in [0.4, 0.5) is 0 Å². The van der Waals surface area contributed by atoms with Gasteiger partial charge in [-0.1, -0.05) is 23.7 Å². The molecular weight excluding hydrogens is 194 g/mol. The Labute approximate surface area is 88.1 Å². The van der Waals surface area contributed by atoms with Gasteiger partial charge in [-0.05, 0) is 37.3 Å². The fourth-order valence-electron chi connectivity index (χ4n) is 2.13. The van der Waals surface area contributed by atoms with E-state index in [-0.39, 0.29) is 0 Å². The van der Waals surface area contributed by atoms with Crippen molar-refractivity contribution < 1.29 is 0 Å². The second kappa shape index (κ2) is 3.03. The van der Waals surface area contributed by atoms with Gasteiger partial charge in [-0.2, -0.15) is 0 Å². The van der Waals surface area contributed by atoms with E-state index in [9.17, 15) is 0 Å². The van der Waals surface area contributed by atoms with Gasteiger partial charge >= 0.3 is 0 Å². The number of hydrogen-bond acceptors (Lipinski definition) is 0. The van der Waals surface area contributed by atoms with Gasteiger partial charge in [0.15, 0.2) is 0 Å². The van der Waals surface area contributed by atoms with Gasteiger partial charge in [0, 0.05) is 11.1 Å². The summed E-state index contributed by atoms with van der Waals surface area (Å²) in [7, 11) is 0. The van der Waals surface area contributed by atoms with Crippen LogP contribution < -0.4 is 0 Å². The maximum atomic E-state index is 6.13. The van der Waals surface area contributed by atoms with Crippen molar-refractivity contribution in [2.45, 2.75) is 19.3 Å². The minimum absolute atomic E-state index is 0.817. The van der Waals surface area contributed by atoms with Crippen LogP contribution in [0.2, 0.25) is 5.02 Å². The summed E-state index contributed by atoms with van der Waals surface area (Å²) in [5.41, 5.74) is 3.81. The summed E-state index contributed by atoms with van der Waals surface area (Å²) in [4.78, 5) is 3.41. The van der Waals surface area contributed by atoms with E-state index in [1.165, 1.54) is 16.6 Å². The van der Waals surface area contributed by atoms with E-state index in [1.807, 2.05) is 12.1 Å². The van der Waals surface area contributed by atoms with E-state index in [4.69, 9.17) is 11.6 Å². The van der Waals surface area contributed by atoms with Gasteiger partial charge < -0.3 is 4.98 Å². The molecule has 14 heavy (non-hydrogen) atoms. The zero-order chi connectivity index (χ0) is 9.54. The number of aromatic amines is 1. The largest absolute Gasteiger partial charge is 0.357 e. The van der Waals surface area contributed by atoms with Crippen LogP contribution in [0.3, 0.4) is 0 Å². The van der Waals surface area contributed by atoms with Crippen LogP contribution in [0.25, 0.3) is 10.9 Å². The third kappa shape index (κ3) is 1.09. The molecular formula is C12H10ClN. The molecule has 70 valence electrons. The van der Waals surface area contributed by atoms with E-state index in [0.717, 1.165) is 29.8 Å². The van der Waals surface area contributed by atoms with E-state index in [2.05, 4.69) is 17.5 Å². The van der Waals surface area contributed by atoms with E-state index in [1.54, 1.807) is 0 Å². The molecule has 1 aliphatic carbocycles. The number of H-pyrrole nitrogens is 1. The van der Waals surface area contributed by atoms with Crippen LogP contribution in [-0.4, -0.2) is 4.98 Å². The minimum atomic E-state index is 0.817. The summed E-state index contributed by atoms with van der Waals surface area (Å²) in [6.45, 7) is 0. The Bertz CT molecular complexity index is 484. The molecule has 0 saturated carbocycles. The van der Waals surface area contributed by atoms with Crippen molar-refractivity contribution >= 4 is 22.5 Å². The highest BCUT2D eigenvalue weighted by Gasteiger charge is 2.16. The number of fused-ring (bicyclic) bond motifs is 3. The summed E-state index contributed by atoms with van der Waals surface area (Å²) in [6.07, 6.45) is 6.45. The molecule has 0 aliphatic heterocycles. The maximum absolute atomic E-state index is 6.13. The van der Waals surface area contributed by atoms with E-state index in [0.29, 0.717) is 0 Å². The van der Waals surface area contributed by atoms with Crippen LogP contribution in [0.1, 0.15) is 17.7 Å². The summed E-state index contributed by atoms with van der Waals surface area (Å²) < 4.78 is 0. The van der Waals surface area contributed by atoms with Crippen molar-refractivity contribution in [2.75, 3.05) is 0 Å². The monoisotopic (exact) mass is 203 g/mol. The van der Waals surface area contributed by atoms with Gasteiger partial charge in [0.25, 0.3) is 0 Å². The fourth-order valence-corrected chi connectivity index (χ4v) is 2.36. The molecule has 0 amide bonds. The van der Waals surface area contributed by atoms with Crippen LogP contribution >= 0.6 is 11.6 Å². The molecule has 1 aromatic heterocycles. The minimum Gasteiger partial charge on any atom is -0.357 e. The molecule has 1 N–H and O–H groups in total. The zero-order valence-electron chi connectivity index (χ0n) is 7.73. The molecule has 0 fully saturated rings. The standard InChI is InChI=1S/C12H10ClN/c13-10-6-3-5-9-8-4-1-2-7-11(8)14-12(9)10/h3,5-6,14H,2,4,7H2. The molecule has 2 heteroatoms. The molecule has 0 bridgehead atoms. The highest BCUT2D eigenvalue weighted by atomic mass is 35.5. The van der Waals surface area contributed by atoms with Crippen molar-refractivity contribution in [1.82, 2.24) is 4.98 Å². The van der Waals surface area contributed by atoms with E-state index >= 15 is 0 Å². The fraction of sp³-hybridized carbons (Fsp3) is 0.250. The topological polar surface area (TPSA) is 15.8 Å². The Morgan fingerprint density at radius 1 is 1.36 bits per heavy atom. The summed E-state index contributed by atoms with van der Waals surface area (Å²) >= 11 is 6.13. The van der Waals surface area contributed by atoms with Crippen LogP contribution in [-0.2, 0) is 12.8 Å². The first-order chi connectivity index (χ1) is 6.86. The van der Waals surface area contributed by atoms with E-state index < -0.39 is 0 Å². The van der Waals surface area contributed by atoms with Crippen molar-refractivity contribution in [3.63, 3.8) is 0 Å². The first kappa shape index (κ1) is 8.37. The second-order valence-corrected chi connectivity index (χ2v) is 4.08. The molecule has 1 heterocycles. The van der Waals surface area contributed by atoms with Gasteiger partial charge in [-0.25, -0.2) is 0 Å². The number of aromatic nitrogens is 1. The lowest BCUT2D eigenvalue weighted by molar-refractivity contribution is 0.816. The average molecular weight is 204 g/mol. The summed E-state index contributed by atoms with van der Waals surface area (Å²) in [5.74, 6) is 0. The molecule has 1 aromatic carbocycles. The molecule has 0 unspecified atom stereocenters. The van der Waals surface area contributed by atoms with Crippen LogP contribution in [0, 0.1) is 6.42 Å². The Morgan fingerprint density at radius 3 is 3.21 bits per heavy atom. The first-order valence-corrected chi connectivity index (χ1v) is 5.23. The first-order valence-electron chi connectivity index (χ1n) is 4.85. The summed E-state index contributed by atoms with van der Waals surface area (Å²) in [5, 5.41) is 2.08. The average Bonchev–Trinajstić information content (AvgIpc) is 2.59. The number of rotatable bonds is 0.